The van der Waals surface area contributed by atoms with Crippen LogP contribution in [-0.4, -0.2) is 12.5 Å². The Hall–Kier alpha value is -3.07. The van der Waals surface area contributed by atoms with E-state index in [1.165, 1.54) is 24.3 Å². The lowest BCUT2D eigenvalue weighted by Gasteiger charge is -2.11. The van der Waals surface area contributed by atoms with Crippen LogP contribution in [0.1, 0.15) is 15.2 Å². The molecule has 146 valence electrons. The van der Waals surface area contributed by atoms with Crippen molar-refractivity contribution in [3.05, 3.63) is 76.0 Å². The lowest BCUT2D eigenvalue weighted by atomic mass is 10.2. The number of halogens is 4. The minimum absolute atomic E-state index is 0.0427. The molecular formula is C19H13F4NO3S. The molecule has 3 rings (SSSR count). The maximum atomic E-state index is 13.5. The van der Waals surface area contributed by atoms with Gasteiger partial charge in [-0.05, 0) is 35.7 Å². The Morgan fingerprint density at radius 1 is 1.07 bits per heavy atom. The molecule has 0 saturated heterocycles. The van der Waals surface area contributed by atoms with Gasteiger partial charge < -0.3 is 14.8 Å². The van der Waals surface area contributed by atoms with Gasteiger partial charge in [0.25, 0.3) is 5.91 Å². The van der Waals surface area contributed by atoms with Gasteiger partial charge in [0.2, 0.25) is 0 Å². The van der Waals surface area contributed by atoms with E-state index in [4.69, 9.17) is 4.74 Å². The summed E-state index contributed by atoms with van der Waals surface area (Å²) in [5.41, 5.74) is 0.533. The monoisotopic (exact) mass is 411 g/mol. The number of nitrogens with one attached hydrogen (secondary N) is 1. The first-order valence-corrected chi connectivity index (χ1v) is 8.81. The van der Waals surface area contributed by atoms with E-state index in [1.54, 1.807) is 11.4 Å². The molecule has 9 heteroatoms. The molecule has 0 atom stereocenters. The molecule has 1 N–H and O–H groups in total. The zero-order valence-corrected chi connectivity index (χ0v) is 14.9. The smallest absolute Gasteiger partial charge is 0.387 e. The molecule has 4 nitrogen and oxygen atoms in total. The van der Waals surface area contributed by atoms with E-state index in [1.807, 2.05) is 0 Å². The van der Waals surface area contributed by atoms with Gasteiger partial charge in [0.15, 0.2) is 17.3 Å². The third kappa shape index (κ3) is 5.01. The number of thiophene rings is 1. The van der Waals surface area contributed by atoms with Gasteiger partial charge in [-0.3, -0.25) is 4.79 Å². The molecule has 2 aromatic carbocycles. The second-order valence-electron chi connectivity index (χ2n) is 5.51. The third-order valence-electron chi connectivity index (χ3n) is 3.52. The van der Waals surface area contributed by atoms with E-state index >= 15 is 0 Å². The van der Waals surface area contributed by atoms with Gasteiger partial charge in [-0.2, -0.15) is 8.78 Å². The molecule has 3 aromatic rings. The van der Waals surface area contributed by atoms with Crippen molar-refractivity contribution in [3.8, 4) is 11.5 Å². The first-order chi connectivity index (χ1) is 13.4. The summed E-state index contributed by atoms with van der Waals surface area (Å²) in [4.78, 5) is 12.6. The van der Waals surface area contributed by atoms with Crippen LogP contribution in [0, 0.1) is 11.6 Å². The van der Waals surface area contributed by atoms with Crippen LogP contribution >= 0.6 is 11.3 Å². The van der Waals surface area contributed by atoms with Crippen molar-refractivity contribution >= 4 is 22.9 Å². The molecule has 1 aromatic heterocycles. The second-order valence-corrected chi connectivity index (χ2v) is 6.42. The van der Waals surface area contributed by atoms with Crippen LogP contribution in [0.5, 0.6) is 11.5 Å². The van der Waals surface area contributed by atoms with Gasteiger partial charge in [-0.1, -0.05) is 12.1 Å². The van der Waals surface area contributed by atoms with Crippen LogP contribution in [0.15, 0.2) is 53.9 Å². The van der Waals surface area contributed by atoms with Gasteiger partial charge in [0.05, 0.1) is 10.6 Å². The Labute approximate surface area is 161 Å². The lowest BCUT2D eigenvalue weighted by Crippen LogP contribution is -2.13. The quantitative estimate of drug-likeness (QED) is 0.526. The Morgan fingerprint density at radius 2 is 1.86 bits per heavy atom. The van der Waals surface area contributed by atoms with E-state index in [0.29, 0.717) is 5.56 Å². The summed E-state index contributed by atoms with van der Waals surface area (Å²) < 4.78 is 61.3. The molecule has 0 aliphatic rings. The molecule has 0 unspecified atom stereocenters. The zero-order chi connectivity index (χ0) is 20.1. The molecule has 0 radical (unpaired) electrons. The fraction of sp³-hybridized carbons (Fsp3) is 0.105. The number of rotatable bonds is 7. The fourth-order valence-corrected chi connectivity index (χ4v) is 3.06. The average Bonchev–Trinajstić information content (AvgIpc) is 3.12. The standard InChI is InChI=1S/C19H13F4NO3S/c20-12-5-6-14(16(8-12)27-19(22)23)24-18(25)17-7-11(10-28-17)9-26-15-4-2-1-3-13(15)21/h1-8,10,19H,9H2,(H,24,25). The minimum Gasteiger partial charge on any atom is -0.486 e. The number of carbonyl (C=O) groups excluding carboxylic acids is 1. The largest absolute Gasteiger partial charge is 0.486 e. The van der Waals surface area contributed by atoms with Crippen molar-refractivity contribution in [2.45, 2.75) is 13.2 Å². The van der Waals surface area contributed by atoms with Crippen LogP contribution < -0.4 is 14.8 Å². The highest BCUT2D eigenvalue weighted by molar-refractivity contribution is 7.12. The van der Waals surface area contributed by atoms with Crippen LogP contribution in [0.3, 0.4) is 0 Å². The lowest BCUT2D eigenvalue weighted by molar-refractivity contribution is -0.0495. The minimum atomic E-state index is -3.17. The van der Waals surface area contributed by atoms with Crippen LogP contribution in [0.4, 0.5) is 23.2 Å². The SMILES string of the molecule is O=C(Nc1ccc(F)cc1OC(F)F)c1cc(COc2ccccc2F)cs1. The number of para-hydroxylation sites is 1. The summed E-state index contributed by atoms with van der Waals surface area (Å²) in [5, 5.41) is 4.05. The molecule has 0 saturated carbocycles. The highest BCUT2D eigenvalue weighted by Crippen LogP contribution is 2.28. The number of alkyl halides is 2. The maximum absolute atomic E-state index is 13.5. The molecule has 0 bridgehead atoms. The van der Waals surface area contributed by atoms with E-state index in [2.05, 4.69) is 10.1 Å². The number of hydrogen-bond donors (Lipinski definition) is 1. The van der Waals surface area contributed by atoms with Crippen LogP contribution in [0.25, 0.3) is 0 Å². The first-order valence-electron chi connectivity index (χ1n) is 7.93. The van der Waals surface area contributed by atoms with Gasteiger partial charge >= 0.3 is 6.61 Å². The number of benzene rings is 2. The topological polar surface area (TPSA) is 47.6 Å². The molecular weight excluding hydrogens is 398 g/mol. The number of amides is 1. The molecule has 0 fully saturated rings. The van der Waals surface area contributed by atoms with Crippen LogP contribution in [-0.2, 0) is 6.61 Å². The number of anilines is 1. The van der Waals surface area contributed by atoms with Crippen molar-refractivity contribution in [2.24, 2.45) is 0 Å². The second kappa shape index (κ2) is 8.75. The van der Waals surface area contributed by atoms with Crippen molar-refractivity contribution < 1.29 is 31.8 Å². The Kier molecular flexibility index (Phi) is 6.15. The summed E-state index contributed by atoms with van der Waals surface area (Å²) in [7, 11) is 0. The molecule has 1 amide bonds. The van der Waals surface area contributed by atoms with Crippen LogP contribution in [0.2, 0.25) is 0 Å². The predicted octanol–water partition coefficient (Wildman–Crippen LogP) is 5.46. The van der Waals surface area contributed by atoms with Gasteiger partial charge in [0, 0.05) is 11.6 Å². The summed E-state index contributed by atoms with van der Waals surface area (Å²) in [6.45, 7) is -3.12. The highest BCUT2D eigenvalue weighted by Gasteiger charge is 2.16. The Bertz CT molecular complexity index is 977. The summed E-state index contributed by atoms with van der Waals surface area (Å²) in [6.07, 6.45) is 0. The number of hydrogen-bond acceptors (Lipinski definition) is 4. The van der Waals surface area contributed by atoms with Crippen molar-refractivity contribution in [1.82, 2.24) is 0 Å². The zero-order valence-electron chi connectivity index (χ0n) is 14.1. The predicted molar refractivity (Wildman–Crippen MR) is 96.0 cm³/mol. The van der Waals surface area contributed by atoms with Gasteiger partial charge in [0.1, 0.15) is 12.4 Å². The normalized spacial score (nSPS) is 10.8. The molecule has 0 aliphatic carbocycles. The van der Waals surface area contributed by atoms with E-state index < -0.39 is 29.9 Å². The van der Waals surface area contributed by atoms with Gasteiger partial charge in [-0.25, -0.2) is 8.78 Å². The Balaban J connectivity index is 1.67. The van der Waals surface area contributed by atoms with Crippen molar-refractivity contribution in [1.29, 1.82) is 0 Å². The van der Waals surface area contributed by atoms with Crippen molar-refractivity contribution in [2.75, 3.05) is 5.32 Å². The summed E-state index contributed by atoms with van der Waals surface area (Å²) >= 11 is 1.09. The molecule has 28 heavy (non-hydrogen) atoms. The van der Waals surface area contributed by atoms with Gasteiger partial charge in [-0.15, -0.1) is 11.3 Å². The molecule has 1 heterocycles. The van der Waals surface area contributed by atoms with E-state index in [0.717, 1.165) is 29.5 Å². The third-order valence-corrected chi connectivity index (χ3v) is 4.49. The highest BCUT2D eigenvalue weighted by atomic mass is 32.1. The summed E-state index contributed by atoms with van der Waals surface area (Å²) in [6, 6.07) is 10.3. The molecule has 0 aliphatic heterocycles. The van der Waals surface area contributed by atoms with E-state index in [-0.39, 0.29) is 22.9 Å². The van der Waals surface area contributed by atoms with E-state index in [9.17, 15) is 22.4 Å². The summed E-state index contributed by atoms with van der Waals surface area (Å²) in [5.74, 6) is -2.27. The molecule has 0 spiro atoms. The van der Waals surface area contributed by atoms with Crippen molar-refractivity contribution in [3.63, 3.8) is 0 Å². The fourth-order valence-electron chi connectivity index (χ4n) is 2.27. The Morgan fingerprint density at radius 3 is 2.61 bits per heavy atom. The maximum Gasteiger partial charge on any atom is 0.387 e. The number of carbonyl (C=O) groups is 1. The first kappa shape index (κ1) is 19.7. The average molecular weight is 411 g/mol. The number of ether oxygens (including phenoxy) is 2.